The Labute approximate surface area is 144 Å². The van der Waals surface area contributed by atoms with Crippen molar-refractivity contribution < 1.29 is 4.79 Å². The summed E-state index contributed by atoms with van der Waals surface area (Å²) in [6.45, 7) is 1.80. The quantitative estimate of drug-likeness (QED) is 0.779. The van der Waals surface area contributed by atoms with E-state index in [1.807, 2.05) is 16.9 Å². The smallest absolute Gasteiger partial charge is 0.311 e. The summed E-state index contributed by atoms with van der Waals surface area (Å²) in [4.78, 5) is 38.2. The number of aromatic nitrogens is 4. The van der Waals surface area contributed by atoms with E-state index in [0.717, 1.165) is 30.5 Å². The molecule has 0 aromatic carbocycles. The number of amides is 1. The number of carbonyl (C=O) groups excluding carboxylic acids is 1. The van der Waals surface area contributed by atoms with Gasteiger partial charge >= 0.3 is 5.69 Å². The predicted octanol–water partition coefficient (Wildman–Crippen LogP) is -0.616. The Morgan fingerprint density at radius 2 is 2.12 bits per heavy atom. The van der Waals surface area contributed by atoms with Crippen LogP contribution in [-0.4, -0.2) is 48.9 Å². The molecule has 1 N–H and O–H groups in total. The first-order valence-corrected chi connectivity index (χ1v) is 8.24. The van der Waals surface area contributed by atoms with Gasteiger partial charge in [0, 0.05) is 38.6 Å². The summed E-state index contributed by atoms with van der Waals surface area (Å²) in [6.07, 6.45) is 5.69. The van der Waals surface area contributed by atoms with Crippen molar-refractivity contribution in [1.82, 2.24) is 23.8 Å². The third-order valence-electron chi connectivity index (χ3n) is 4.60. The lowest BCUT2D eigenvalue weighted by molar-refractivity contribution is -0.117. The van der Waals surface area contributed by atoms with Crippen molar-refractivity contribution in [3.8, 4) is 0 Å². The van der Waals surface area contributed by atoms with E-state index in [-0.39, 0.29) is 24.3 Å². The molecule has 2 aromatic rings. The van der Waals surface area contributed by atoms with Crippen molar-refractivity contribution in [2.45, 2.75) is 25.4 Å². The standard InChI is InChI=1S/C16H22N6O3/c1-19-13(9-15(24)20(2)16(19)25)18-14(23)11-21-7-3-5-12(21)10-22-8-4-6-17-22/h4,6,8-9,12H,3,5,7,10-11H2,1-2H3,(H,18,23). The molecule has 1 unspecified atom stereocenters. The molecule has 0 bridgehead atoms. The molecule has 9 heteroatoms. The van der Waals surface area contributed by atoms with Crippen molar-refractivity contribution in [3.63, 3.8) is 0 Å². The molecule has 1 amide bonds. The van der Waals surface area contributed by atoms with Crippen molar-refractivity contribution in [2.24, 2.45) is 14.1 Å². The molecular weight excluding hydrogens is 324 g/mol. The number of nitrogens with one attached hydrogen (secondary N) is 1. The molecule has 1 saturated heterocycles. The molecular formula is C16H22N6O3. The molecule has 25 heavy (non-hydrogen) atoms. The summed E-state index contributed by atoms with van der Waals surface area (Å²) in [7, 11) is 2.92. The first-order valence-electron chi connectivity index (χ1n) is 8.24. The fraction of sp³-hybridized carbons (Fsp3) is 0.500. The summed E-state index contributed by atoms with van der Waals surface area (Å²) < 4.78 is 4.12. The highest BCUT2D eigenvalue weighted by molar-refractivity contribution is 5.91. The topological polar surface area (TPSA) is 94.2 Å². The van der Waals surface area contributed by atoms with Crippen LogP contribution in [0.4, 0.5) is 5.82 Å². The van der Waals surface area contributed by atoms with Gasteiger partial charge in [-0.3, -0.25) is 28.3 Å². The minimum atomic E-state index is -0.472. The number of carbonyl (C=O) groups is 1. The van der Waals surface area contributed by atoms with Crippen LogP contribution in [0.15, 0.2) is 34.1 Å². The van der Waals surface area contributed by atoms with Gasteiger partial charge in [0.15, 0.2) is 0 Å². The second-order valence-corrected chi connectivity index (χ2v) is 6.31. The summed E-state index contributed by atoms with van der Waals surface area (Å²) in [6, 6.07) is 3.38. The largest absolute Gasteiger partial charge is 0.332 e. The SMILES string of the molecule is Cn1c(NC(=O)CN2CCCC2Cn2cccn2)cc(=O)n(C)c1=O. The zero-order chi connectivity index (χ0) is 18.0. The molecule has 2 aromatic heterocycles. The highest BCUT2D eigenvalue weighted by Crippen LogP contribution is 2.18. The van der Waals surface area contributed by atoms with Gasteiger partial charge in [-0.15, -0.1) is 0 Å². The Bertz CT molecular complexity index is 867. The number of rotatable bonds is 5. The van der Waals surface area contributed by atoms with Gasteiger partial charge in [-0.25, -0.2) is 4.79 Å². The normalized spacial score (nSPS) is 17.8. The van der Waals surface area contributed by atoms with Gasteiger partial charge in [0.25, 0.3) is 5.56 Å². The number of anilines is 1. The summed E-state index contributed by atoms with van der Waals surface area (Å²) in [5, 5.41) is 6.89. The molecule has 1 fully saturated rings. The minimum absolute atomic E-state index is 0.209. The van der Waals surface area contributed by atoms with Crippen LogP contribution in [0, 0.1) is 0 Å². The van der Waals surface area contributed by atoms with E-state index in [4.69, 9.17) is 0 Å². The number of likely N-dealkylation sites (tertiary alicyclic amines) is 1. The minimum Gasteiger partial charge on any atom is -0.311 e. The number of hydrogen-bond acceptors (Lipinski definition) is 5. The van der Waals surface area contributed by atoms with Crippen LogP contribution < -0.4 is 16.6 Å². The second kappa shape index (κ2) is 7.06. The lowest BCUT2D eigenvalue weighted by Gasteiger charge is -2.24. The van der Waals surface area contributed by atoms with Crippen LogP contribution >= 0.6 is 0 Å². The van der Waals surface area contributed by atoms with Gasteiger partial charge in [0.2, 0.25) is 5.91 Å². The molecule has 134 valence electrons. The highest BCUT2D eigenvalue weighted by Gasteiger charge is 2.26. The van der Waals surface area contributed by atoms with Gasteiger partial charge < -0.3 is 5.32 Å². The molecule has 0 aliphatic carbocycles. The fourth-order valence-corrected chi connectivity index (χ4v) is 3.15. The Kier molecular flexibility index (Phi) is 4.84. The first kappa shape index (κ1) is 17.2. The average molecular weight is 346 g/mol. The van der Waals surface area contributed by atoms with E-state index in [0.29, 0.717) is 0 Å². The van der Waals surface area contributed by atoms with Crippen LogP contribution in [0.2, 0.25) is 0 Å². The zero-order valence-corrected chi connectivity index (χ0v) is 14.4. The van der Waals surface area contributed by atoms with Crippen LogP contribution in [0.5, 0.6) is 0 Å². The average Bonchev–Trinajstić information content (AvgIpc) is 3.23. The Morgan fingerprint density at radius 3 is 2.84 bits per heavy atom. The monoisotopic (exact) mass is 346 g/mol. The highest BCUT2D eigenvalue weighted by atomic mass is 16.2. The van der Waals surface area contributed by atoms with Crippen molar-refractivity contribution in [3.05, 3.63) is 45.4 Å². The Balaban J connectivity index is 1.66. The predicted molar refractivity (Wildman–Crippen MR) is 92.4 cm³/mol. The van der Waals surface area contributed by atoms with Crippen LogP contribution in [-0.2, 0) is 25.4 Å². The molecule has 0 radical (unpaired) electrons. The Hall–Kier alpha value is -2.68. The third-order valence-corrected chi connectivity index (χ3v) is 4.60. The van der Waals surface area contributed by atoms with Crippen molar-refractivity contribution in [2.75, 3.05) is 18.4 Å². The van der Waals surface area contributed by atoms with E-state index in [9.17, 15) is 14.4 Å². The van der Waals surface area contributed by atoms with Crippen LogP contribution in [0.3, 0.4) is 0 Å². The molecule has 0 saturated carbocycles. The fourth-order valence-electron chi connectivity index (χ4n) is 3.15. The van der Waals surface area contributed by atoms with Crippen LogP contribution in [0.1, 0.15) is 12.8 Å². The molecule has 3 rings (SSSR count). The molecule has 3 heterocycles. The maximum Gasteiger partial charge on any atom is 0.332 e. The summed E-state index contributed by atoms with van der Waals surface area (Å²) in [5.41, 5.74) is -0.920. The molecule has 0 spiro atoms. The van der Waals surface area contributed by atoms with E-state index < -0.39 is 11.2 Å². The van der Waals surface area contributed by atoms with E-state index in [1.54, 1.807) is 6.20 Å². The van der Waals surface area contributed by atoms with Gasteiger partial charge in [-0.1, -0.05) is 0 Å². The number of nitrogens with zero attached hydrogens (tertiary/aromatic N) is 5. The molecule has 1 aliphatic rings. The summed E-state index contributed by atoms with van der Waals surface area (Å²) in [5.74, 6) is -0.0310. The first-order chi connectivity index (χ1) is 12.0. The van der Waals surface area contributed by atoms with Crippen molar-refractivity contribution >= 4 is 11.7 Å². The van der Waals surface area contributed by atoms with E-state index in [1.165, 1.54) is 24.7 Å². The van der Waals surface area contributed by atoms with E-state index >= 15 is 0 Å². The number of hydrogen-bond donors (Lipinski definition) is 1. The molecule has 9 nitrogen and oxygen atoms in total. The van der Waals surface area contributed by atoms with Gasteiger partial charge in [0.05, 0.1) is 13.1 Å². The lowest BCUT2D eigenvalue weighted by Crippen LogP contribution is -2.41. The summed E-state index contributed by atoms with van der Waals surface area (Å²) >= 11 is 0. The van der Waals surface area contributed by atoms with Gasteiger partial charge in [-0.05, 0) is 25.5 Å². The lowest BCUT2D eigenvalue weighted by atomic mass is 10.2. The zero-order valence-electron chi connectivity index (χ0n) is 14.4. The maximum atomic E-state index is 12.4. The second-order valence-electron chi connectivity index (χ2n) is 6.31. The Morgan fingerprint density at radius 1 is 1.32 bits per heavy atom. The van der Waals surface area contributed by atoms with Crippen LogP contribution in [0.25, 0.3) is 0 Å². The van der Waals surface area contributed by atoms with Gasteiger partial charge in [-0.2, -0.15) is 5.10 Å². The molecule has 1 aliphatic heterocycles. The third kappa shape index (κ3) is 3.71. The van der Waals surface area contributed by atoms with Crippen molar-refractivity contribution in [1.29, 1.82) is 0 Å². The van der Waals surface area contributed by atoms with Gasteiger partial charge in [0.1, 0.15) is 5.82 Å². The maximum absolute atomic E-state index is 12.4. The van der Waals surface area contributed by atoms with E-state index in [2.05, 4.69) is 15.3 Å². The molecule has 1 atom stereocenters.